The molecule has 1 aliphatic rings. The highest BCUT2D eigenvalue weighted by molar-refractivity contribution is 5.82. The first-order chi connectivity index (χ1) is 8.01. The number of hydrogen-bond donors (Lipinski definition) is 1. The zero-order valence-electron chi connectivity index (χ0n) is 11.0. The second-order valence-electron chi connectivity index (χ2n) is 5.27. The average molecular weight is 237 g/mol. The Kier molecular flexibility index (Phi) is 4.95. The number of nitrogens with two attached hydrogens (primary N) is 1. The zero-order valence-corrected chi connectivity index (χ0v) is 11.0. The van der Waals surface area contributed by atoms with Crippen LogP contribution in [0.15, 0.2) is 0 Å². The molecule has 0 aromatic rings. The van der Waals surface area contributed by atoms with Gasteiger partial charge in [0.2, 0.25) is 5.91 Å². The van der Waals surface area contributed by atoms with Crippen molar-refractivity contribution in [1.29, 1.82) is 5.26 Å². The summed E-state index contributed by atoms with van der Waals surface area (Å²) in [6, 6.07) is 1.68. The molecule has 0 aliphatic carbocycles. The lowest BCUT2D eigenvalue weighted by molar-refractivity contribution is -0.135. The molecule has 0 unspecified atom stereocenters. The van der Waals surface area contributed by atoms with Crippen molar-refractivity contribution < 1.29 is 4.79 Å². The second kappa shape index (κ2) is 6.02. The minimum Gasteiger partial charge on any atom is -0.322 e. The Balaban J connectivity index is 2.74. The van der Waals surface area contributed by atoms with Gasteiger partial charge in [-0.2, -0.15) is 5.26 Å². The van der Waals surface area contributed by atoms with Crippen LogP contribution in [0.4, 0.5) is 0 Å². The molecule has 2 N–H and O–H groups in total. The molecular weight excluding hydrogens is 214 g/mol. The van der Waals surface area contributed by atoms with Gasteiger partial charge in [-0.15, -0.1) is 0 Å². The Morgan fingerprint density at radius 1 is 1.53 bits per heavy atom. The Hall–Kier alpha value is -1.08. The van der Waals surface area contributed by atoms with Crippen LogP contribution in [-0.2, 0) is 4.79 Å². The van der Waals surface area contributed by atoms with Gasteiger partial charge in [0.25, 0.3) is 0 Å². The molecule has 0 bridgehead atoms. The van der Waals surface area contributed by atoms with E-state index in [4.69, 9.17) is 11.0 Å². The van der Waals surface area contributed by atoms with Crippen LogP contribution in [0, 0.1) is 17.2 Å². The first-order valence-corrected chi connectivity index (χ1v) is 6.48. The van der Waals surface area contributed by atoms with Crippen molar-refractivity contribution in [3.8, 4) is 6.07 Å². The molecule has 3 atom stereocenters. The molecule has 1 amide bonds. The number of nitrogens with zero attached hydrogens (tertiary/aromatic N) is 2. The van der Waals surface area contributed by atoms with Gasteiger partial charge in [0.1, 0.15) is 6.04 Å². The molecule has 0 aromatic heterocycles. The van der Waals surface area contributed by atoms with E-state index in [1.165, 1.54) is 0 Å². The third-order valence-corrected chi connectivity index (χ3v) is 3.42. The van der Waals surface area contributed by atoms with E-state index in [0.29, 0.717) is 12.3 Å². The molecule has 1 heterocycles. The van der Waals surface area contributed by atoms with E-state index in [1.807, 2.05) is 0 Å². The molecule has 4 heteroatoms. The first kappa shape index (κ1) is 14.0. The zero-order chi connectivity index (χ0) is 13.0. The van der Waals surface area contributed by atoms with Crippen molar-refractivity contribution in [2.75, 3.05) is 0 Å². The number of nitriles is 1. The van der Waals surface area contributed by atoms with Crippen LogP contribution in [0.5, 0.6) is 0 Å². The van der Waals surface area contributed by atoms with Crippen molar-refractivity contribution in [2.24, 2.45) is 11.7 Å². The maximum Gasteiger partial charge on any atom is 0.240 e. The summed E-state index contributed by atoms with van der Waals surface area (Å²) in [4.78, 5) is 14.0. The van der Waals surface area contributed by atoms with Gasteiger partial charge >= 0.3 is 0 Å². The van der Waals surface area contributed by atoms with Crippen LogP contribution < -0.4 is 5.73 Å². The smallest absolute Gasteiger partial charge is 0.240 e. The molecular formula is C13H23N3O. The van der Waals surface area contributed by atoms with Crippen molar-refractivity contribution in [2.45, 2.75) is 64.6 Å². The number of carbonyl (C=O) groups excluding carboxylic acids is 1. The summed E-state index contributed by atoms with van der Waals surface area (Å²) in [5.74, 6) is 0.353. The van der Waals surface area contributed by atoms with Gasteiger partial charge in [0.05, 0.1) is 12.1 Å². The maximum atomic E-state index is 12.3. The highest BCUT2D eigenvalue weighted by Gasteiger charge is 2.37. The number of amides is 1. The van der Waals surface area contributed by atoms with Crippen LogP contribution in [0.3, 0.4) is 0 Å². The maximum absolute atomic E-state index is 12.3. The minimum absolute atomic E-state index is 0.0467. The number of hydrogen-bond acceptors (Lipinski definition) is 3. The lowest BCUT2D eigenvalue weighted by atomic mass is 10.0. The Morgan fingerprint density at radius 2 is 2.18 bits per heavy atom. The Labute approximate surface area is 104 Å². The summed E-state index contributed by atoms with van der Waals surface area (Å²) in [6.07, 6.45) is 3.30. The van der Waals surface area contributed by atoms with E-state index in [-0.39, 0.29) is 18.0 Å². The molecule has 96 valence electrons. The van der Waals surface area contributed by atoms with Gasteiger partial charge in [-0.1, -0.05) is 20.8 Å². The lowest BCUT2D eigenvalue weighted by Crippen LogP contribution is -2.49. The van der Waals surface area contributed by atoms with Crippen molar-refractivity contribution in [3.63, 3.8) is 0 Å². The molecule has 1 saturated heterocycles. The lowest BCUT2D eigenvalue weighted by Gasteiger charge is -2.29. The topological polar surface area (TPSA) is 70.1 Å². The van der Waals surface area contributed by atoms with Crippen LogP contribution in [-0.4, -0.2) is 28.9 Å². The van der Waals surface area contributed by atoms with Gasteiger partial charge in [-0.3, -0.25) is 4.79 Å². The highest BCUT2D eigenvalue weighted by Crippen LogP contribution is 2.27. The van der Waals surface area contributed by atoms with Gasteiger partial charge < -0.3 is 10.6 Å². The fourth-order valence-electron chi connectivity index (χ4n) is 2.54. The van der Waals surface area contributed by atoms with Crippen LogP contribution in [0.2, 0.25) is 0 Å². The quantitative estimate of drug-likeness (QED) is 0.808. The van der Waals surface area contributed by atoms with Gasteiger partial charge in [0.15, 0.2) is 0 Å². The van der Waals surface area contributed by atoms with Gasteiger partial charge in [-0.05, 0) is 31.6 Å². The number of likely N-dealkylation sites (tertiary alicyclic amines) is 1. The second-order valence-corrected chi connectivity index (χ2v) is 5.27. The van der Waals surface area contributed by atoms with Crippen molar-refractivity contribution in [1.82, 2.24) is 4.90 Å². The largest absolute Gasteiger partial charge is 0.322 e. The summed E-state index contributed by atoms with van der Waals surface area (Å²) < 4.78 is 0. The van der Waals surface area contributed by atoms with E-state index in [2.05, 4.69) is 26.8 Å². The fraction of sp³-hybridized carbons (Fsp3) is 0.846. The van der Waals surface area contributed by atoms with E-state index in [9.17, 15) is 4.79 Å². The molecule has 1 fully saturated rings. The first-order valence-electron chi connectivity index (χ1n) is 6.48. The fourth-order valence-corrected chi connectivity index (χ4v) is 2.54. The third kappa shape index (κ3) is 3.19. The molecule has 1 rings (SSSR count). The Morgan fingerprint density at radius 3 is 2.65 bits per heavy atom. The third-order valence-electron chi connectivity index (χ3n) is 3.42. The van der Waals surface area contributed by atoms with Gasteiger partial charge in [0, 0.05) is 6.04 Å². The molecule has 0 aromatic carbocycles. The van der Waals surface area contributed by atoms with E-state index < -0.39 is 6.04 Å². The van der Waals surface area contributed by atoms with Crippen molar-refractivity contribution in [3.05, 3.63) is 0 Å². The number of rotatable bonds is 4. The van der Waals surface area contributed by atoms with Crippen molar-refractivity contribution >= 4 is 5.91 Å². The van der Waals surface area contributed by atoms with Gasteiger partial charge in [-0.25, -0.2) is 0 Å². The van der Waals surface area contributed by atoms with E-state index in [0.717, 1.165) is 19.3 Å². The van der Waals surface area contributed by atoms with E-state index in [1.54, 1.807) is 4.90 Å². The molecule has 0 saturated carbocycles. The Bertz CT molecular complexity index is 308. The summed E-state index contributed by atoms with van der Waals surface area (Å²) >= 11 is 0. The SMILES string of the molecule is CC[C@H]1CC[C@@H](C#N)N1C(=O)[C@H](N)CC(C)C. The summed E-state index contributed by atoms with van der Waals surface area (Å²) in [6.45, 7) is 6.16. The summed E-state index contributed by atoms with van der Waals surface area (Å²) in [7, 11) is 0. The minimum atomic E-state index is -0.460. The summed E-state index contributed by atoms with van der Waals surface area (Å²) in [5.41, 5.74) is 5.93. The molecule has 1 aliphatic heterocycles. The van der Waals surface area contributed by atoms with Crippen LogP contribution >= 0.6 is 0 Å². The van der Waals surface area contributed by atoms with Crippen LogP contribution in [0.1, 0.15) is 46.5 Å². The highest BCUT2D eigenvalue weighted by atomic mass is 16.2. The average Bonchev–Trinajstić information content (AvgIpc) is 2.69. The van der Waals surface area contributed by atoms with Crippen LogP contribution in [0.25, 0.3) is 0 Å². The normalized spacial score (nSPS) is 26.0. The molecule has 0 spiro atoms. The predicted molar refractivity (Wildman–Crippen MR) is 67.0 cm³/mol. The standard InChI is InChI=1S/C13H23N3O/c1-4-10-5-6-11(8-14)16(10)13(17)12(15)7-9(2)3/h9-12H,4-7,15H2,1-3H3/t10-,11-,12+/m0/s1. The molecule has 17 heavy (non-hydrogen) atoms. The predicted octanol–water partition coefficient (Wildman–Crippen LogP) is 1.65. The monoisotopic (exact) mass is 237 g/mol. The number of carbonyl (C=O) groups is 1. The molecule has 4 nitrogen and oxygen atoms in total. The molecule has 0 radical (unpaired) electrons. The van der Waals surface area contributed by atoms with E-state index >= 15 is 0 Å². The summed E-state index contributed by atoms with van der Waals surface area (Å²) in [5, 5.41) is 9.08.